The van der Waals surface area contributed by atoms with E-state index < -0.39 is 0 Å². The number of methoxy groups -OCH3 is 1. The van der Waals surface area contributed by atoms with E-state index in [4.69, 9.17) is 9.26 Å². The van der Waals surface area contributed by atoms with Gasteiger partial charge in [-0.05, 0) is 51.1 Å². The molecule has 2 rings (SSSR count). The van der Waals surface area contributed by atoms with E-state index in [1.807, 2.05) is 12.1 Å². The molecule has 0 saturated carbocycles. The van der Waals surface area contributed by atoms with Gasteiger partial charge < -0.3 is 9.26 Å². The lowest BCUT2D eigenvalue weighted by Gasteiger charge is -2.21. The minimum Gasteiger partial charge on any atom is -0.497 e. The van der Waals surface area contributed by atoms with Gasteiger partial charge in [0, 0.05) is 5.92 Å². The number of ether oxygens (including phenoxy) is 1. The summed E-state index contributed by atoms with van der Waals surface area (Å²) in [4.78, 5) is 6.73. The lowest BCUT2D eigenvalue weighted by Crippen LogP contribution is -2.24. The summed E-state index contributed by atoms with van der Waals surface area (Å²) in [7, 11) is 3.78. The van der Waals surface area contributed by atoms with Gasteiger partial charge in [0.25, 0.3) is 0 Å². The molecule has 1 aromatic carbocycles. The van der Waals surface area contributed by atoms with Crippen LogP contribution in [0.1, 0.15) is 56.4 Å². The second-order valence-electron chi connectivity index (χ2n) is 6.25. The third-order valence-corrected chi connectivity index (χ3v) is 4.13. The number of aromatic nitrogens is 2. The zero-order valence-electron chi connectivity index (χ0n) is 14.7. The van der Waals surface area contributed by atoms with Gasteiger partial charge in [0.05, 0.1) is 13.2 Å². The predicted octanol–water partition coefficient (Wildman–Crippen LogP) is 3.83. The maximum absolute atomic E-state index is 5.38. The standard InChI is InChI=1S/C18H27N3O2/c1-13(2)17-19-18(23-20-17)14(3)21(4)12-6-7-15-8-10-16(22-5)11-9-15/h8-11,13-14H,6-7,12H2,1-5H3. The molecule has 126 valence electrons. The summed E-state index contributed by atoms with van der Waals surface area (Å²) in [5.74, 6) is 2.66. The van der Waals surface area contributed by atoms with Gasteiger partial charge in [-0.15, -0.1) is 0 Å². The zero-order valence-corrected chi connectivity index (χ0v) is 14.7. The van der Waals surface area contributed by atoms with Crippen molar-refractivity contribution in [2.75, 3.05) is 20.7 Å². The molecular weight excluding hydrogens is 290 g/mol. The molecule has 1 unspecified atom stereocenters. The highest BCUT2D eigenvalue weighted by Gasteiger charge is 2.19. The number of benzene rings is 1. The molecule has 0 radical (unpaired) electrons. The number of rotatable bonds is 8. The smallest absolute Gasteiger partial charge is 0.243 e. The normalized spacial score (nSPS) is 12.8. The molecule has 0 bridgehead atoms. The molecule has 2 aromatic rings. The molecule has 0 aliphatic heterocycles. The molecule has 0 aliphatic carbocycles. The van der Waals surface area contributed by atoms with Gasteiger partial charge in [-0.25, -0.2) is 0 Å². The van der Waals surface area contributed by atoms with Crippen LogP contribution in [0.4, 0.5) is 0 Å². The van der Waals surface area contributed by atoms with Crippen LogP contribution in [0.15, 0.2) is 28.8 Å². The van der Waals surface area contributed by atoms with Crippen molar-refractivity contribution in [1.29, 1.82) is 0 Å². The van der Waals surface area contributed by atoms with Crippen molar-refractivity contribution in [3.8, 4) is 5.75 Å². The highest BCUT2D eigenvalue weighted by atomic mass is 16.5. The summed E-state index contributed by atoms with van der Waals surface area (Å²) in [5, 5.41) is 4.04. The molecule has 23 heavy (non-hydrogen) atoms. The first-order valence-electron chi connectivity index (χ1n) is 8.18. The van der Waals surface area contributed by atoms with Crippen LogP contribution >= 0.6 is 0 Å². The largest absolute Gasteiger partial charge is 0.497 e. The van der Waals surface area contributed by atoms with Crippen LogP contribution in [0.25, 0.3) is 0 Å². The SMILES string of the molecule is COc1ccc(CCCN(C)C(C)c2nc(C(C)C)no2)cc1. The maximum Gasteiger partial charge on any atom is 0.243 e. The van der Waals surface area contributed by atoms with Gasteiger partial charge in [0.2, 0.25) is 5.89 Å². The Morgan fingerprint density at radius 3 is 2.43 bits per heavy atom. The molecule has 0 fully saturated rings. The summed E-state index contributed by atoms with van der Waals surface area (Å²) in [6, 6.07) is 8.39. The first kappa shape index (κ1) is 17.5. The third-order valence-electron chi connectivity index (χ3n) is 4.13. The number of hydrogen-bond acceptors (Lipinski definition) is 5. The summed E-state index contributed by atoms with van der Waals surface area (Å²) in [6.45, 7) is 7.22. The monoisotopic (exact) mass is 317 g/mol. The maximum atomic E-state index is 5.38. The summed E-state index contributed by atoms with van der Waals surface area (Å²) >= 11 is 0. The van der Waals surface area contributed by atoms with E-state index in [9.17, 15) is 0 Å². The fourth-order valence-electron chi connectivity index (χ4n) is 2.36. The van der Waals surface area contributed by atoms with Crippen molar-refractivity contribution in [3.63, 3.8) is 0 Å². The molecule has 1 atom stereocenters. The second-order valence-corrected chi connectivity index (χ2v) is 6.25. The molecule has 0 amide bonds. The Balaban J connectivity index is 1.81. The van der Waals surface area contributed by atoms with Crippen molar-refractivity contribution in [1.82, 2.24) is 15.0 Å². The van der Waals surface area contributed by atoms with Crippen molar-refractivity contribution in [3.05, 3.63) is 41.5 Å². The van der Waals surface area contributed by atoms with E-state index in [0.717, 1.165) is 31.0 Å². The first-order chi connectivity index (χ1) is 11.0. The molecule has 0 spiro atoms. The van der Waals surface area contributed by atoms with Gasteiger partial charge in [-0.1, -0.05) is 31.1 Å². The fourth-order valence-corrected chi connectivity index (χ4v) is 2.36. The van der Waals surface area contributed by atoms with Crippen LogP contribution < -0.4 is 4.74 Å². The Morgan fingerprint density at radius 1 is 1.17 bits per heavy atom. The van der Waals surface area contributed by atoms with Crippen molar-refractivity contribution >= 4 is 0 Å². The average Bonchev–Trinajstić information content (AvgIpc) is 3.05. The van der Waals surface area contributed by atoms with Crippen LogP contribution in [-0.2, 0) is 6.42 Å². The fraction of sp³-hybridized carbons (Fsp3) is 0.556. The average molecular weight is 317 g/mol. The van der Waals surface area contributed by atoms with E-state index in [-0.39, 0.29) is 6.04 Å². The highest BCUT2D eigenvalue weighted by molar-refractivity contribution is 5.27. The number of aryl methyl sites for hydroxylation is 1. The minimum atomic E-state index is 0.130. The minimum absolute atomic E-state index is 0.130. The van der Waals surface area contributed by atoms with E-state index >= 15 is 0 Å². The van der Waals surface area contributed by atoms with E-state index in [2.05, 4.69) is 55.0 Å². The Kier molecular flexibility index (Phi) is 6.16. The van der Waals surface area contributed by atoms with Crippen LogP contribution in [0, 0.1) is 0 Å². The highest BCUT2D eigenvalue weighted by Crippen LogP contribution is 2.20. The third kappa shape index (κ3) is 4.79. The van der Waals surface area contributed by atoms with Crippen LogP contribution in [0.3, 0.4) is 0 Å². The molecular formula is C18H27N3O2. The number of nitrogens with zero attached hydrogens (tertiary/aromatic N) is 3. The van der Waals surface area contributed by atoms with E-state index in [0.29, 0.717) is 11.8 Å². The Hall–Kier alpha value is -1.88. The Bertz CT molecular complexity index is 593. The lowest BCUT2D eigenvalue weighted by molar-refractivity contribution is 0.207. The van der Waals surface area contributed by atoms with Gasteiger partial charge in [0.1, 0.15) is 5.75 Å². The number of hydrogen-bond donors (Lipinski definition) is 0. The summed E-state index contributed by atoms with van der Waals surface area (Å²) in [6.07, 6.45) is 2.13. The van der Waals surface area contributed by atoms with Crippen molar-refractivity contribution < 1.29 is 9.26 Å². The molecule has 5 nitrogen and oxygen atoms in total. The van der Waals surface area contributed by atoms with Crippen molar-refractivity contribution in [2.24, 2.45) is 0 Å². The van der Waals surface area contributed by atoms with Crippen LogP contribution in [-0.4, -0.2) is 35.7 Å². The topological polar surface area (TPSA) is 51.4 Å². The molecule has 0 aliphatic rings. The quantitative estimate of drug-likeness (QED) is 0.740. The van der Waals surface area contributed by atoms with Crippen molar-refractivity contribution in [2.45, 2.75) is 45.6 Å². The molecule has 5 heteroatoms. The second kappa shape index (κ2) is 8.11. The first-order valence-corrected chi connectivity index (χ1v) is 8.18. The Morgan fingerprint density at radius 2 is 1.87 bits per heavy atom. The molecule has 0 N–H and O–H groups in total. The van der Waals surface area contributed by atoms with Gasteiger partial charge in [0.15, 0.2) is 5.82 Å². The van der Waals surface area contributed by atoms with Gasteiger partial charge in [-0.2, -0.15) is 4.98 Å². The molecule has 0 saturated heterocycles. The molecule has 1 heterocycles. The zero-order chi connectivity index (χ0) is 16.8. The molecule has 1 aromatic heterocycles. The van der Waals surface area contributed by atoms with Crippen LogP contribution in [0.2, 0.25) is 0 Å². The van der Waals surface area contributed by atoms with Gasteiger partial charge in [-0.3, -0.25) is 4.90 Å². The summed E-state index contributed by atoms with van der Waals surface area (Å²) < 4.78 is 10.6. The van der Waals surface area contributed by atoms with E-state index in [1.165, 1.54) is 5.56 Å². The van der Waals surface area contributed by atoms with Gasteiger partial charge >= 0.3 is 0 Å². The summed E-state index contributed by atoms with van der Waals surface area (Å²) in [5.41, 5.74) is 1.33. The van der Waals surface area contributed by atoms with Crippen LogP contribution in [0.5, 0.6) is 5.75 Å². The Labute approximate surface area is 138 Å². The van der Waals surface area contributed by atoms with E-state index in [1.54, 1.807) is 7.11 Å². The lowest BCUT2D eigenvalue weighted by atomic mass is 10.1. The predicted molar refractivity (Wildman–Crippen MR) is 90.7 cm³/mol.